The number of nitrogens with zero attached hydrogens (tertiary/aromatic N) is 3. The zero-order valence-electron chi connectivity index (χ0n) is 12.2. The highest BCUT2D eigenvalue weighted by Crippen LogP contribution is 2.21. The number of nitrogens with one attached hydrogen (secondary N) is 1. The van der Waals surface area contributed by atoms with Crippen molar-refractivity contribution < 1.29 is 9.90 Å². The predicted octanol–water partition coefficient (Wildman–Crippen LogP) is 3.95. The van der Waals surface area contributed by atoms with Gasteiger partial charge in [-0.25, -0.2) is 9.89 Å². The van der Waals surface area contributed by atoms with E-state index in [2.05, 4.69) is 31.2 Å². The molecule has 2 N–H and O–H groups in total. The molecule has 0 unspecified atom stereocenters. The molecule has 0 fully saturated rings. The van der Waals surface area contributed by atoms with E-state index in [-0.39, 0.29) is 5.56 Å². The van der Waals surface area contributed by atoms with Crippen LogP contribution in [0.1, 0.15) is 15.9 Å². The SMILES string of the molecule is O=C(O)c1ccccc1/C=N/n1c(-c2cccc(Br)c2)n[nH]c1=S. The predicted molar refractivity (Wildman–Crippen MR) is 96.9 cm³/mol. The zero-order chi connectivity index (χ0) is 17.1. The normalized spacial score (nSPS) is 11.0. The van der Waals surface area contributed by atoms with E-state index in [1.165, 1.54) is 17.0 Å². The first-order chi connectivity index (χ1) is 11.6. The average Bonchev–Trinajstić information content (AvgIpc) is 2.94. The Kier molecular flexibility index (Phi) is 4.68. The van der Waals surface area contributed by atoms with Crippen LogP contribution in [0.5, 0.6) is 0 Å². The van der Waals surface area contributed by atoms with Crippen molar-refractivity contribution in [3.8, 4) is 11.4 Å². The molecule has 0 saturated heterocycles. The van der Waals surface area contributed by atoms with Gasteiger partial charge in [-0.3, -0.25) is 0 Å². The minimum absolute atomic E-state index is 0.167. The highest BCUT2D eigenvalue weighted by Gasteiger charge is 2.10. The first-order valence-electron chi connectivity index (χ1n) is 6.86. The molecule has 0 spiro atoms. The van der Waals surface area contributed by atoms with Crippen LogP contribution in [0, 0.1) is 4.77 Å². The summed E-state index contributed by atoms with van der Waals surface area (Å²) in [7, 11) is 0. The van der Waals surface area contributed by atoms with Crippen LogP contribution in [0.15, 0.2) is 58.1 Å². The fraction of sp³-hybridized carbons (Fsp3) is 0. The largest absolute Gasteiger partial charge is 0.478 e. The van der Waals surface area contributed by atoms with Crippen LogP contribution in [-0.4, -0.2) is 32.2 Å². The van der Waals surface area contributed by atoms with Gasteiger partial charge in [-0.1, -0.05) is 46.3 Å². The van der Waals surface area contributed by atoms with Crippen LogP contribution in [0.3, 0.4) is 0 Å². The molecule has 1 aromatic heterocycles. The summed E-state index contributed by atoms with van der Waals surface area (Å²) in [6, 6.07) is 14.2. The van der Waals surface area contributed by atoms with E-state index in [1.54, 1.807) is 18.2 Å². The third-order valence-corrected chi connectivity index (χ3v) is 3.99. The number of carboxylic acid groups (broad SMARTS) is 1. The molecule has 6 nitrogen and oxygen atoms in total. The Labute approximate surface area is 150 Å². The number of hydrogen-bond acceptors (Lipinski definition) is 4. The maximum Gasteiger partial charge on any atom is 0.336 e. The van der Waals surface area contributed by atoms with Gasteiger partial charge in [-0.15, -0.1) is 0 Å². The number of benzene rings is 2. The van der Waals surface area contributed by atoms with E-state index in [9.17, 15) is 9.90 Å². The summed E-state index contributed by atoms with van der Waals surface area (Å²) >= 11 is 8.62. The third kappa shape index (κ3) is 3.34. The van der Waals surface area contributed by atoms with Gasteiger partial charge in [0.05, 0.1) is 11.8 Å². The van der Waals surface area contributed by atoms with E-state index in [0.717, 1.165) is 10.0 Å². The van der Waals surface area contributed by atoms with Crippen LogP contribution < -0.4 is 0 Å². The van der Waals surface area contributed by atoms with E-state index < -0.39 is 5.97 Å². The number of aromatic nitrogens is 3. The molecule has 0 atom stereocenters. The van der Waals surface area contributed by atoms with E-state index >= 15 is 0 Å². The smallest absolute Gasteiger partial charge is 0.336 e. The lowest BCUT2D eigenvalue weighted by molar-refractivity contribution is 0.0697. The summed E-state index contributed by atoms with van der Waals surface area (Å²) in [6.45, 7) is 0. The zero-order valence-corrected chi connectivity index (χ0v) is 14.6. The molecule has 3 aromatic rings. The number of carboxylic acids is 1. The van der Waals surface area contributed by atoms with E-state index in [1.807, 2.05) is 24.3 Å². The molecule has 8 heteroatoms. The quantitative estimate of drug-likeness (QED) is 0.511. The molecule has 0 radical (unpaired) electrons. The molecule has 0 saturated carbocycles. The van der Waals surface area contributed by atoms with Crippen LogP contribution >= 0.6 is 28.1 Å². The van der Waals surface area contributed by atoms with Crippen molar-refractivity contribution in [3.63, 3.8) is 0 Å². The molecular weight excluding hydrogens is 392 g/mol. The fourth-order valence-corrected chi connectivity index (χ4v) is 2.72. The maximum absolute atomic E-state index is 11.3. The topological polar surface area (TPSA) is 83.3 Å². The summed E-state index contributed by atoms with van der Waals surface area (Å²) < 4.78 is 2.67. The Hall–Kier alpha value is -2.58. The number of carbonyl (C=O) groups is 1. The lowest BCUT2D eigenvalue weighted by Gasteiger charge is -2.03. The molecule has 24 heavy (non-hydrogen) atoms. The second-order valence-corrected chi connectivity index (χ2v) is 6.11. The average molecular weight is 403 g/mol. The van der Waals surface area contributed by atoms with Crippen LogP contribution in [0.25, 0.3) is 11.4 Å². The molecule has 3 rings (SSSR count). The van der Waals surface area contributed by atoms with Gasteiger partial charge in [0.15, 0.2) is 5.82 Å². The molecule has 2 aromatic carbocycles. The summed E-state index contributed by atoms with van der Waals surface area (Å²) in [5, 5.41) is 20.4. The minimum atomic E-state index is -1.01. The highest BCUT2D eigenvalue weighted by molar-refractivity contribution is 9.10. The van der Waals surface area contributed by atoms with Gasteiger partial charge in [-0.2, -0.15) is 14.9 Å². The van der Waals surface area contributed by atoms with Gasteiger partial charge >= 0.3 is 5.97 Å². The minimum Gasteiger partial charge on any atom is -0.478 e. The maximum atomic E-state index is 11.3. The van der Waals surface area contributed by atoms with Crippen molar-refractivity contribution in [2.45, 2.75) is 0 Å². The van der Waals surface area contributed by atoms with E-state index in [4.69, 9.17) is 12.2 Å². The van der Waals surface area contributed by atoms with Gasteiger partial charge in [0.1, 0.15) is 0 Å². The Balaban J connectivity index is 2.05. The molecule has 0 aliphatic heterocycles. The monoisotopic (exact) mass is 402 g/mol. The van der Waals surface area contributed by atoms with Gasteiger partial charge in [0, 0.05) is 15.6 Å². The number of H-pyrrole nitrogens is 1. The van der Waals surface area contributed by atoms with Crippen LogP contribution in [0.4, 0.5) is 0 Å². The third-order valence-electron chi connectivity index (χ3n) is 3.24. The Morgan fingerprint density at radius 3 is 2.83 bits per heavy atom. The van der Waals surface area contributed by atoms with Crippen molar-refractivity contribution in [1.82, 2.24) is 14.9 Å². The second-order valence-electron chi connectivity index (χ2n) is 4.81. The van der Waals surface area contributed by atoms with Crippen LogP contribution in [0.2, 0.25) is 0 Å². The second kappa shape index (κ2) is 6.90. The Morgan fingerprint density at radius 2 is 2.08 bits per heavy atom. The Morgan fingerprint density at radius 1 is 1.29 bits per heavy atom. The standard InChI is InChI=1S/C16H11BrN4O2S/c17-12-6-3-5-10(8-12)14-19-20-16(24)21(14)18-9-11-4-1-2-7-13(11)15(22)23/h1-9H,(H,20,24)(H,22,23)/b18-9+. The summed E-state index contributed by atoms with van der Waals surface area (Å²) in [5.74, 6) is -0.481. The van der Waals surface area contributed by atoms with E-state index in [0.29, 0.717) is 16.2 Å². The number of hydrogen-bond donors (Lipinski definition) is 2. The van der Waals surface area contributed by atoms with Gasteiger partial charge in [0.2, 0.25) is 4.77 Å². The highest BCUT2D eigenvalue weighted by atomic mass is 79.9. The van der Waals surface area contributed by atoms with Crippen molar-refractivity contribution in [1.29, 1.82) is 0 Å². The summed E-state index contributed by atoms with van der Waals surface area (Å²) in [6.07, 6.45) is 1.45. The number of halogens is 1. The fourth-order valence-electron chi connectivity index (χ4n) is 2.14. The number of aromatic amines is 1. The molecule has 0 amide bonds. The van der Waals surface area contributed by atoms with Crippen LogP contribution in [-0.2, 0) is 0 Å². The van der Waals surface area contributed by atoms with Crippen molar-refractivity contribution in [2.24, 2.45) is 5.10 Å². The van der Waals surface area contributed by atoms with Gasteiger partial charge in [-0.05, 0) is 30.4 Å². The summed E-state index contributed by atoms with van der Waals surface area (Å²) in [4.78, 5) is 11.3. The first kappa shape index (κ1) is 16.3. The molecule has 0 bridgehead atoms. The number of rotatable bonds is 4. The van der Waals surface area contributed by atoms with Crippen molar-refractivity contribution in [3.05, 3.63) is 68.9 Å². The number of aromatic carboxylic acids is 1. The molecule has 120 valence electrons. The lowest BCUT2D eigenvalue weighted by atomic mass is 10.1. The molecule has 1 heterocycles. The van der Waals surface area contributed by atoms with Crippen molar-refractivity contribution in [2.75, 3.05) is 0 Å². The van der Waals surface area contributed by atoms with Gasteiger partial charge in [0.25, 0.3) is 0 Å². The van der Waals surface area contributed by atoms with Gasteiger partial charge < -0.3 is 5.11 Å². The molecular formula is C16H11BrN4O2S. The first-order valence-corrected chi connectivity index (χ1v) is 8.06. The molecule has 0 aliphatic carbocycles. The van der Waals surface area contributed by atoms with Crippen molar-refractivity contribution >= 4 is 40.3 Å². The molecule has 0 aliphatic rings. The summed E-state index contributed by atoms with van der Waals surface area (Å²) in [5.41, 5.74) is 1.47. The Bertz CT molecular complexity index is 993. The lowest BCUT2D eigenvalue weighted by Crippen LogP contribution is -2.02.